The summed E-state index contributed by atoms with van der Waals surface area (Å²) in [6.07, 6.45) is 6.46. The second kappa shape index (κ2) is 5.17. The van der Waals surface area contributed by atoms with Crippen molar-refractivity contribution in [1.82, 2.24) is 0 Å². The number of carboxylic acid groups (broad SMARTS) is 1. The van der Waals surface area contributed by atoms with E-state index in [0.29, 0.717) is 11.5 Å². The molecule has 1 saturated heterocycles. The molecule has 1 N–H and O–H groups in total. The lowest BCUT2D eigenvalue weighted by atomic mass is 9.80. The molecule has 19 heavy (non-hydrogen) atoms. The minimum absolute atomic E-state index is 0.388. The van der Waals surface area contributed by atoms with Gasteiger partial charge in [0.1, 0.15) is 0 Å². The fraction of sp³-hybridized carbons (Fsp3) is 0.438. The van der Waals surface area contributed by atoms with Crippen LogP contribution in [0.5, 0.6) is 0 Å². The lowest BCUT2D eigenvalue weighted by Gasteiger charge is -2.28. The molecule has 1 aliphatic heterocycles. The third kappa shape index (κ3) is 2.43. The molecule has 0 amide bonds. The smallest absolute Gasteiger partial charge is 0.335 e. The first kappa shape index (κ1) is 12.4. The Bertz CT molecular complexity index is 525. The van der Waals surface area contributed by atoms with Gasteiger partial charge >= 0.3 is 5.97 Å². The van der Waals surface area contributed by atoms with Crippen LogP contribution in [0.3, 0.4) is 0 Å². The van der Waals surface area contributed by atoms with Crippen LogP contribution in [0.2, 0.25) is 0 Å². The SMILES string of the molecule is O=C(O)c1ccc2c(c1)C(C1CCOCC1)=CCC2. The Balaban J connectivity index is 1.97. The van der Waals surface area contributed by atoms with E-state index in [1.165, 1.54) is 11.1 Å². The van der Waals surface area contributed by atoms with Gasteiger partial charge in [0, 0.05) is 13.2 Å². The molecular weight excluding hydrogens is 240 g/mol. The van der Waals surface area contributed by atoms with Crippen LogP contribution in [0.1, 0.15) is 40.7 Å². The van der Waals surface area contributed by atoms with Crippen molar-refractivity contribution in [3.8, 4) is 0 Å². The van der Waals surface area contributed by atoms with Crippen molar-refractivity contribution in [3.05, 3.63) is 41.0 Å². The summed E-state index contributed by atoms with van der Waals surface area (Å²) in [5.41, 5.74) is 4.17. The molecule has 100 valence electrons. The molecule has 1 fully saturated rings. The number of rotatable bonds is 2. The third-order valence-corrected chi connectivity index (χ3v) is 4.11. The number of fused-ring (bicyclic) bond motifs is 1. The Kier molecular flexibility index (Phi) is 3.38. The van der Waals surface area contributed by atoms with Crippen LogP contribution in [0, 0.1) is 5.92 Å². The number of carbonyl (C=O) groups is 1. The molecule has 1 heterocycles. The maximum Gasteiger partial charge on any atom is 0.335 e. The minimum Gasteiger partial charge on any atom is -0.478 e. The van der Waals surface area contributed by atoms with Crippen molar-refractivity contribution < 1.29 is 14.6 Å². The van der Waals surface area contributed by atoms with E-state index in [4.69, 9.17) is 9.84 Å². The second-order valence-corrected chi connectivity index (χ2v) is 5.26. The number of hydrogen-bond donors (Lipinski definition) is 1. The summed E-state index contributed by atoms with van der Waals surface area (Å²) >= 11 is 0. The van der Waals surface area contributed by atoms with E-state index in [0.717, 1.165) is 44.5 Å². The predicted molar refractivity (Wildman–Crippen MR) is 73.2 cm³/mol. The Morgan fingerprint density at radius 3 is 2.79 bits per heavy atom. The van der Waals surface area contributed by atoms with Gasteiger partial charge in [0.25, 0.3) is 0 Å². The molecule has 0 spiro atoms. The first-order chi connectivity index (χ1) is 9.25. The molecule has 0 atom stereocenters. The summed E-state index contributed by atoms with van der Waals surface area (Å²) in [5, 5.41) is 9.14. The molecule has 0 radical (unpaired) electrons. The molecular formula is C16H18O3. The van der Waals surface area contributed by atoms with Gasteiger partial charge in [-0.3, -0.25) is 0 Å². The van der Waals surface area contributed by atoms with E-state index in [9.17, 15) is 4.79 Å². The highest BCUT2D eigenvalue weighted by molar-refractivity contribution is 5.89. The summed E-state index contributed by atoms with van der Waals surface area (Å²) in [5.74, 6) is -0.323. The molecule has 0 aromatic heterocycles. The van der Waals surface area contributed by atoms with E-state index in [1.807, 2.05) is 12.1 Å². The molecule has 0 bridgehead atoms. The summed E-state index contributed by atoms with van der Waals surface area (Å²) in [4.78, 5) is 11.1. The molecule has 1 aromatic carbocycles. The zero-order valence-electron chi connectivity index (χ0n) is 10.9. The number of hydrogen-bond acceptors (Lipinski definition) is 2. The van der Waals surface area contributed by atoms with Gasteiger partial charge in [-0.05, 0) is 60.4 Å². The van der Waals surface area contributed by atoms with Gasteiger partial charge in [0.15, 0.2) is 0 Å². The van der Waals surface area contributed by atoms with Gasteiger partial charge in [-0.25, -0.2) is 4.79 Å². The molecule has 0 saturated carbocycles. The summed E-state index contributed by atoms with van der Waals surface area (Å²) in [6.45, 7) is 1.63. The Labute approximate surface area is 112 Å². The van der Waals surface area contributed by atoms with Gasteiger partial charge < -0.3 is 9.84 Å². The highest BCUT2D eigenvalue weighted by Gasteiger charge is 2.23. The normalized spacial score (nSPS) is 19.7. The lowest BCUT2D eigenvalue weighted by Crippen LogP contribution is -2.19. The summed E-state index contributed by atoms with van der Waals surface area (Å²) < 4.78 is 5.42. The van der Waals surface area contributed by atoms with E-state index < -0.39 is 5.97 Å². The quantitative estimate of drug-likeness (QED) is 0.886. The first-order valence-electron chi connectivity index (χ1n) is 6.90. The molecule has 3 nitrogen and oxygen atoms in total. The van der Waals surface area contributed by atoms with Crippen LogP contribution in [0.15, 0.2) is 24.3 Å². The molecule has 2 aliphatic rings. The molecule has 1 aromatic rings. The Morgan fingerprint density at radius 1 is 1.26 bits per heavy atom. The van der Waals surface area contributed by atoms with Crippen LogP contribution >= 0.6 is 0 Å². The molecule has 0 unspecified atom stereocenters. The van der Waals surface area contributed by atoms with Gasteiger partial charge in [0.2, 0.25) is 0 Å². The number of aryl methyl sites for hydroxylation is 1. The van der Waals surface area contributed by atoms with Gasteiger partial charge in [0.05, 0.1) is 5.56 Å². The molecule has 3 heteroatoms. The molecule has 3 rings (SSSR count). The maximum atomic E-state index is 11.1. The van der Waals surface area contributed by atoms with Crippen LogP contribution in [-0.4, -0.2) is 24.3 Å². The fourth-order valence-electron chi connectivity index (χ4n) is 3.08. The third-order valence-electron chi connectivity index (χ3n) is 4.11. The Morgan fingerprint density at radius 2 is 2.05 bits per heavy atom. The van der Waals surface area contributed by atoms with Crippen LogP contribution in [0.25, 0.3) is 5.57 Å². The van der Waals surface area contributed by atoms with E-state index in [1.54, 1.807) is 6.07 Å². The molecule has 1 aliphatic carbocycles. The lowest BCUT2D eigenvalue weighted by molar-refractivity contribution is 0.0696. The highest BCUT2D eigenvalue weighted by Crippen LogP contribution is 2.37. The van der Waals surface area contributed by atoms with E-state index in [2.05, 4.69) is 6.08 Å². The first-order valence-corrected chi connectivity index (χ1v) is 6.90. The van der Waals surface area contributed by atoms with Crippen molar-refractivity contribution in [2.45, 2.75) is 25.7 Å². The monoisotopic (exact) mass is 258 g/mol. The zero-order valence-corrected chi connectivity index (χ0v) is 10.9. The largest absolute Gasteiger partial charge is 0.478 e. The fourth-order valence-corrected chi connectivity index (χ4v) is 3.08. The van der Waals surface area contributed by atoms with E-state index >= 15 is 0 Å². The topological polar surface area (TPSA) is 46.5 Å². The number of benzene rings is 1. The number of ether oxygens (including phenoxy) is 1. The zero-order chi connectivity index (χ0) is 13.2. The van der Waals surface area contributed by atoms with Crippen LogP contribution < -0.4 is 0 Å². The average molecular weight is 258 g/mol. The number of carboxylic acids is 1. The van der Waals surface area contributed by atoms with Crippen molar-refractivity contribution >= 4 is 11.5 Å². The summed E-state index contributed by atoms with van der Waals surface area (Å²) in [6, 6.07) is 5.54. The summed E-state index contributed by atoms with van der Waals surface area (Å²) in [7, 11) is 0. The van der Waals surface area contributed by atoms with E-state index in [-0.39, 0.29) is 0 Å². The van der Waals surface area contributed by atoms with Gasteiger partial charge in [-0.2, -0.15) is 0 Å². The second-order valence-electron chi connectivity index (χ2n) is 5.26. The van der Waals surface area contributed by atoms with Crippen LogP contribution in [0.4, 0.5) is 0 Å². The Hall–Kier alpha value is -1.61. The van der Waals surface area contributed by atoms with Crippen molar-refractivity contribution in [1.29, 1.82) is 0 Å². The van der Waals surface area contributed by atoms with Gasteiger partial charge in [-0.15, -0.1) is 0 Å². The highest BCUT2D eigenvalue weighted by atomic mass is 16.5. The predicted octanol–water partition coefficient (Wildman–Crippen LogP) is 3.14. The number of aromatic carboxylic acids is 1. The standard InChI is InChI=1S/C16H18O3/c17-16(18)13-5-4-11-2-1-3-14(15(11)10-13)12-6-8-19-9-7-12/h3-5,10,12H,1-2,6-9H2,(H,17,18). The van der Waals surface area contributed by atoms with Crippen molar-refractivity contribution in [2.75, 3.05) is 13.2 Å². The van der Waals surface area contributed by atoms with Gasteiger partial charge in [-0.1, -0.05) is 12.1 Å². The maximum absolute atomic E-state index is 11.1. The minimum atomic E-state index is -0.847. The van der Waals surface area contributed by atoms with Crippen molar-refractivity contribution in [3.63, 3.8) is 0 Å². The number of allylic oxidation sites excluding steroid dienone is 2. The van der Waals surface area contributed by atoms with Crippen molar-refractivity contribution in [2.24, 2.45) is 5.92 Å². The van der Waals surface area contributed by atoms with Crippen LogP contribution in [-0.2, 0) is 11.2 Å². The average Bonchev–Trinajstić information content (AvgIpc) is 2.47.